The molecule has 0 radical (unpaired) electrons. The Hall–Kier alpha value is -3.02. The van der Waals surface area contributed by atoms with Gasteiger partial charge in [-0.2, -0.15) is 9.40 Å². The summed E-state index contributed by atoms with van der Waals surface area (Å²) in [5.41, 5.74) is 1.38. The highest BCUT2D eigenvalue weighted by molar-refractivity contribution is 7.89. The number of piperazine rings is 1. The van der Waals surface area contributed by atoms with Crippen molar-refractivity contribution >= 4 is 21.1 Å². The monoisotopic (exact) mass is 486 g/mol. The van der Waals surface area contributed by atoms with Gasteiger partial charge in [0.2, 0.25) is 10.0 Å². The molecule has 3 heterocycles. The van der Waals surface area contributed by atoms with E-state index in [1.807, 2.05) is 14.0 Å². The number of aromatic nitrogens is 4. The lowest BCUT2D eigenvalue weighted by molar-refractivity contribution is 0.222. The number of nitrogens with zero attached hydrogens (tertiary/aromatic N) is 4. The van der Waals surface area contributed by atoms with Crippen molar-refractivity contribution in [3.05, 3.63) is 58.8 Å². The molecule has 0 spiro atoms. The van der Waals surface area contributed by atoms with E-state index in [-0.39, 0.29) is 16.4 Å². The predicted molar refractivity (Wildman–Crippen MR) is 130 cm³/mol. The van der Waals surface area contributed by atoms with Crippen LogP contribution < -0.4 is 10.3 Å². The van der Waals surface area contributed by atoms with Crippen LogP contribution in [0.25, 0.3) is 11.0 Å². The molecule has 4 rings (SSSR count). The summed E-state index contributed by atoms with van der Waals surface area (Å²) in [5, 5.41) is 6.52. The van der Waals surface area contributed by atoms with Crippen molar-refractivity contribution in [2.75, 3.05) is 39.8 Å². The Morgan fingerprint density at radius 1 is 1.26 bits per heavy atom. The summed E-state index contributed by atoms with van der Waals surface area (Å²) in [6.45, 7) is 8.33. The first-order valence-electron chi connectivity index (χ1n) is 11.3. The van der Waals surface area contributed by atoms with Gasteiger partial charge in [-0.25, -0.2) is 13.4 Å². The van der Waals surface area contributed by atoms with Crippen molar-refractivity contribution in [1.82, 2.24) is 29.4 Å². The van der Waals surface area contributed by atoms with Gasteiger partial charge in [-0.15, -0.1) is 0 Å². The van der Waals surface area contributed by atoms with E-state index in [1.165, 1.54) is 10.5 Å². The van der Waals surface area contributed by atoms with Gasteiger partial charge < -0.3 is 14.6 Å². The topological polar surface area (TPSA) is 124 Å². The third-order valence-corrected chi connectivity index (χ3v) is 8.03. The number of H-pyrrole nitrogens is 2. The van der Waals surface area contributed by atoms with E-state index in [2.05, 4.69) is 31.6 Å². The van der Waals surface area contributed by atoms with Crippen LogP contribution in [0.4, 0.5) is 0 Å². The molecule has 10 nitrogen and oxygen atoms in total. The summed E-state index contributed by atoms with van der Waals surface area (Å²) in [5.74, 6) is 1.11. The Labute approximate surface area is 198 Å². The predicted octanol–water partition coefficient (Wildman–Crippen LogP) is 1.88. The highest BCUT2D eigenvalue weighted by atomic mass is 32.2. The molecule has 0 bridgehead atoms. The van der Waals surface area contributed by atoms with E-state index >= 15 is 0 Å². The molecule has 1 aliphatic heterocycles. The van der Waals surface area contributed by atoms with Crippen LogP contribution in [-0.2, 0) is 16.4 Å². The molecule has 0 saturated carbocycles. The van der Waals surface area contributed by atoms with E-state index in [0.717, 1.165) is 5.56 Å². The largest absolute Gasteiger partial charge is 0.489 e. The molecular weight excluding hydrogens is 456 g/mol. The Bertz CT molecular complexity index is 1320. The third kappa shape index (κ3) is 5.06. The molecule has 1 aliphatic rings. The van der Waals surface area contributed by atoms with Crippen LogP contribution in [0.1, 0.15) is 30.7 Å². The third-order valence-electron chi connectivity index (χ3n) is 6.13. The summed E-state index contributed by atoms with van der Waals surface area (Å²) in [4.78, 5) is 22.0. The molecule has 182 valence electrons. The molecule has 1 fully saturated rings. The highest BCUT2D eigenvalue weighted by Crippen LogP contribution is 2.28. The van der Waals surface area contributed by atoms with Crippen LogP contribution in [-0.4, -0.2) is 77.6 Å². The lowest BCUT2D eigenvalue weighted by atomic mass is 9.99. The first-order chi connectivity index (χ1) is 16.3. The van der Waals surface area contributed by atoms with Crippen molar-refractivity contribution in [2.24, 2.45) is 0 Å². The molecule has 2 aromatic heterocycles. The maximum absolute atomic E-state index is 13.3. The fourth-order valence-electron chi connectivity index (χ4n) is 3.99. The van der Waals surface area contributed by atoms with E-state index < -0.39 is 10.0 Å². The molecule has 0 aliphatic carbocycles. The molecule has 1 unspecified atom stereocenters. The lowest BCUT2D eigenvalue weighted by Gasteiger charge is -2.31. The van der Waals surface area contributed by atoms with Crippen molar-refractivity contribution in [1.29, 1.82) is 0 Å². The van der Waals surface area contributed by atoms with Crippen LogP contribution in [0, 0.1) is 0 Å². The number of sulfonamides is 1. The second kappa shape index (κ2) is 10.1. The van der Waals surface area contributed by atoms with Crippen molar-refractivity contribution in [3.8, 4) is 5.75 Å². The number of likely N-dealkylation sites (N-methyl/N-ethyl adjacent to an activating group) is 1. The van der Waals surface area contributed by atoms with Crippen molar-refractivity contribution < 1.29 is 13.2 Å². The normalized spacial score (nSPS) is 16.5. The van der Waals surface area contributed by atoms with Crippen molar-refractivity contribution in [3.63, 3.8) is 0 Å². The number of aromatic amines is 2. The van der Waals surface area contributed by atoms with Gasteiger partial charge in [-0.1, -0.05) is 19.6 Å². The zero-order chi connectivity index (χ0) is 24.3. The molecule has 1 aromatic carbocycles. The van der Waals surface area contributed by atoms with Crippen molar-refractivity contribution in [2.45, 2.75) is 30.6 Å². The second-order valence-corrected chi connectivity index (χ2v) is 10.5. The van der Waals surface area contributed by atoms with Gasteiger partial charge in [-0.05, 0) is 43.7 Å². The summed E-state index contributed by atoms with van der Waals surface area (Å²) in [6.07, 6.45) is 4.35. The van der Waals surface area contributed by atoms with E-state index in [1.54, 1.807) is 24.3 Å². The number of nitrogens with one attached hydrogen (secondary N) is 2. The van der Waals surface area contributed by atoms with E-state index in [9.17, 15) is 13.2 Å². The zero-order valence-electron chi connectivity index (χ0n) is 19.5. The van der Waals surface area contributed by atoms with Gasteiger partial charge in [0, 0.05) is 32.1 Å². The zero-order valence-corrected chi connectivity index (χ0v) is 20.3. The molecule has 3 aromatic rings. The van der Waals surface area contributed by atoms with Crippen LogP contribution >= 0.6 is 0 Å². The average molecular weight is 487 g/mol. The Kier molecular flexibility index (Phi) is 7.15. The Morgan fingerprint density at radius 2 is 2.03 bits per heavy atom. The second-order valence-electron chi connectivity index (χ2n) is 8.60. The number of ether oxygens (including phenoxy) is 1. The van der Waals surface area contributed by atoms with Crippen LogP contribution in [0.2, 0.25) is 0 Å². The van der Waals surface area contributed by atoms with Crippen LogP contribution in [0.5, 0.6) is 5.75 Å². The fraction of sp³-hybridized carbons (Fsp3) is 0.435. The SMILES string of the molecule is C=CCOc1ccc(S(=O)(=O)N2CCN(C)CC2)cc1CCC(C)c1nc2cn[nH]c2c(=O)[nH]1. The van der Waals surface area contributed by atoms with Gasteiger partial charge in [-0.3, -0.25) is 9.89 Å². The minimum atomic E-state index is -3.60. The standard InChI is InChI=1S/C23H30N6O4S/c1-4-13-33-20-8-7-18(34(31,32)29-11-9-28(3)10-12-29)14-17(20)6-5-16(2)22-25-19-15-24-27-21(19)23(30)26-22/h4,7-8,14-16H,1,5-6,9-13H2,2-3H3,(H,24,27)(H,25,26,30). The first kappa shape index (κ1) is 24.1. The highest BCUT2D eigenvalue weighted by Gasteiger charge is 2.28. The van der Waals surface area contributed by atoms with Crippen LogP contribution in [0.3, 0.4) is 0 Å². The fourth-order valence-corrected chi connectivity index (χ4v) is 5.46. The van der Waals surface area contributed by atoms with E-state index in [4.69, 9.17) is 4.74 Å². The number of hydrogen-bond acceptors (Lipinski definition) is 7. The average Bonchev–Trinajstić information content (AvgIpc) is 3.31. The number of fused-ring (bicyclic) bond motifs is 1. The minimum Gasteiger partial charge on any atom is -0.489 e. The van der Waals surface area contributed by atoms with Gasteiger partial charge in [0.15, 0.2) is 0 Å². The van der Waals surface area contributed by atoms with Crippen LogP contribution in [0.15, 0.2) is 46.7 Å². The summed E-state index contributed by atoms with van der Waals surface area (Å²) >= 11 is 0. The molecule has 1 saturated heterocycles. The molecule has 0 amide bonds. The summed E-state index contributed by atoms with van der Waals surface area (Å²) in [7, 11) is -1.61. The molecular formula is C23H30N6O4S. The first-order valence-corrected chi connectivity index (χ1v) is 12.7. The Balaban J connectivity index is 1.57. The van der Waals surface area contributed by atoms with Gasteiger partial charge in [0.25, 0.3) is 5.56 Å². The molecule has 34 heavy (non-hydrogen) atoms. The Morgan fingerprint density at radius 3 is 2.76 bits per heavy atom. The minimum absolute atomic E-state index is 0.0721. The summed E-state index contributed by atoms with van der Waals surface area (Å²) in [6, 6.07) is 5.02. The molecule has 11 heteroatoms. The maximum Gasteiger partial charge on any atom is 0.276 e. The van der Waals surface area contributed by atoms with Gasteiger partial charge in [0.1, 0.15) is 29.2 Å². The summed E-state index contributed by atoms with van der Waals surface area (Å²) < 4.78 is 33.9. The van der Waals surface area contributed by atoms with Gasteiger partial charge >= 0.3 is 0 Å². The number of aryl methyl sites for hydroxylation is 1. The number of rotatable bonds is 9. The lowest BCUT2D eigenvalue weighted by Crippen LogP contribution is -2.47. The smallest absolute Gasteiger partial charge is 0.276 e. The quantitative estimate of drug-likeness (QED) is 0.443. The maximum atomic E-state index is 13.3. The van der Waals surface area contributed by atoms with E-state index in [0.29, 0.717) is 68.2 Å². The van der Waals surface area contributed by atoms with Gasteiger partial charge in [0.05, 0.1) is 11.1 Å². The number of hydrogen-bond donors (Lipinski definition) is 2. The number of benzene rings is 1. The molecule has 2 N–H and O–H groups in total. The molecule has 1 atom stereocenters.